The maximum absolute atomic E-state index is 12.3. The van der Waals surface area contributed by atoms with Crippen molar-refractivity contribution < 1.29 is 22.7 Å². The standard InChI is InChI=1S/C22H33F3N2O2S/c1-2-3-18(28)14-17-6-4-16(5-7-17)8-11-27-12-9-19-20(10-13-27)30-21(26-19)29-15-22(23,24)25/h16-17H,2-15H2,1H3. The highest BCUT2D eigenvalue weighted by Crippen LogP contribution is 2.34. The van der Waals surface area contributed by atoms with E-state index in [2.05, 4.69) is 16.8 Å². The molecule has 2 heterocycles. The molecular weight excluding hydrogens is 413 g/mol. The van der Waals surface area contributed by atoms with Crippen molar-refractivity contribution in [2.75, 3.05) is 26.2 Å². The number of Topliss-reactive ketones (excluding diaryl/α,β-unsaturated/α-hetero) is 1. The largest absolute Gasteiger partial charge is 0.460 e. The lowest BCUT2D eigenvalue weighted by molar-refractivity contribution is -0.153. The Labute approximate surface area is 181 Å². The van der Waals surface area contributed by atoms with Gasteiger partial charge in [0, 0.05) is 37.2 Å². The van der Waals surface area contributed by atoms with Gasteiger partial charge in [0.05, 0.1) is 5.69 Å². The third-order valence-corrected chi connectivity index (χ3v) is 7.37. The molecule has 3 rings (SSSR count). The zero-order valence-electron chi connectivity index (χ0n) is 17.8. The van der Waals surface area contributed by atoms with Gasteiger partial charge in [0.25, 0.3) is 5.19 Å². The first kappa shape index (κ1) is 23.5. The zero-order chi connectivity index (χ0) is 21.6. The highest BCUT2D eigenvalue weighted by atomic mass is 32.1. The van der Waals surface area contributed by atoms with E-state index in [0.717, 1.165) is 68.2 Å². The lowest BCUT2D eigenvalue weighted by atomic mass is 9.78. The molecule has 2 aliphatic rings. The third-order valence-electron chi connectivity index (χ3n) is 6.30. The smallest absolute Gasteiger partial charge is 0.422 e. The molecule has 1 fully saturated rings. The molecular formula is C22H33F3N2O2S. The summed E-state index contributed by atoms with van der Waals surface area (Å²) in [5.41, 5.74) is 0.900. The molecule has 0 bridgehead atoms. The Kier molecular flexibility index (Phi) is 8.57. The van der Waals surface area contributed by atoms with Gasteiger partial charge in [-0.05, 0) is 50.5 Å². The van der Waals surface area contributed by atoms with Crippen LogP contribution in [0.25, 0.3) is 0 Å². The molecule has 0 saturated heterocycles. The number of halogens is 3. The highest BCUT2D eigenvalue weighted by Gasteiger charge is 2.30. The van der Waals surface area contributed by atoms with Crippen LogP contribution in [0, 0.1) is 11.8 Å². The molecule has 0 unspecified atom stereocenters. The molecule has 1 saturated carbocycles. The average molecular weight is 447 g/mol. The zero-order valence-corrected chi connectivity index (χ0v) is 18.6. The van der Waals surface area contributed by atoms with E-state index in [1.54, 1.807) is 0 Å². The second kappa shape index (κ2) is 10.9. The predicted molar refractivity (Wildman–Crippen MR) is 112 cm³/mol. The van der Waals surface area contributed by atoms with Crippen LogP contribution in [-0.2, 0) is 17.6 Å². The van der Waals surface area contributed by atoms with E-state index < -0.39 is 12.8 Å². The molecule has 1 aromatic heterocycles. The number of ketones is 1. The van der Waals surface area contributed by atoms with Gasteiger partial charge in [-0.3, -0.25) is 4.79 Å². The number of carbonyl (C=O) groups excluding carboxylic acids is 1. The van der Waals surface area contributed by atoms with Crippen molar-refractivity contribution in [2.45, 2.75) is 77.3 Å². The number of thiazole rings is 1. The van der Waals surface area contributed by atoms with Crippen LogP contribution >= 0.6 is 11.3 Å². The first-order chi connectivity index (χ1) is 14.3. The van der Waals surface area contributed by atoms with Crippen molar-refractivity contribution >= 4 is 17.1 Å². The summed E-state index contributed by atoms with van der Waals surface area (Å²) in [5, 5.41) is 0.139. The van der Waals surface area contributed by atoms with E-state index in [1.165, 1.54) is 43.4 Å². The molecule has 0 radical (unpaired) electrons. The predicted octanol–water partition coefficient (Wildman–Crippen LogP) is 5.44. The molecule has 30 heavy (non-hydrogen) atoms. The number of nitrogens with zero attached hydrogens (tertiary/aromatic N) is 2. The number of rotatable bonds is 9. The summed E-state index contributed by atoms with van der Waals surface area (Å²) in [6.45, 7) is 3.68. The van der Waals surface area contributed by atoms with Crippen molar-refractivity contribution in [3.05, 3.63) is 10.6 Å². The second-order valence-electron chi connectivity index (χ2n) is 8.76. The molecule has 4 nitrogen and oxygen atoms in total. The quantitative estimate of drug-likeness (QED) is 0.507. The second-order valence-corrected chi connectivity index (χ2v) is 9.81. The molecule has 0 amide bonds. The van der Waals surface area contributed by atoms with Crippen LogP contribution in [0.15, 0.2) is 0 Å². The molecule has 0 spiro atoms. The Morgan fingerprint density at radius 3 is 2.57 bits per heavy atom. The summed E-state index contributed by atoms with van der Waals surface area (Å²) in [6.07, 6.45) is 5.74. The van der Waals surface area contributed by atoms with Gasteiger partial charge >= 0.3 is 6.18 Å². The van der Waals surface area contributed by atoms with E-state index >= 15 is 0 Å². The summed E-state index contributed by atoms with van der Waals surface area (Å²) in [4.78, 5) is 19.7. The fourth-order valence-corrected chi connectivity index (χ4v) is 5.55. The molecule has 1 aliphatic heterocycles. The maximum Gasteiger partial charge on any atom is 0.422 e. The molecule has 8 heteroatoms. The van der Waals surface area contributed by atoms with E-state index in [9.17, 15) is 18.0 Å². The van der Waals surface area contributed by atoms with Crippen molar-refractivity contribution in [1.82, 2.24) is 9.88 Å². The normalized spacial score (nSPS) is 23.1. The lowest BCUT2D eigenvalue weighted by Crippen LogP contribution is -2.29. The number of hydrogen-bond acceptors (Lipinski definition) is 5. The van der Waals surface area contributed by atoms with Crippen molar-refractivity contribution in [3.8, 4) is 5.19 Å². The van der Waals surface area contributed by atoms with Crippen molar-refractivity contribution in [1.29, 1.82) is 0 Å². The Balaban J connectivity index is 1.36. The van der Waals surface area contributed by atoms with Gasteiger partial charge in [-0.15, -0.1) is 0 Å². The van der Waals surface area contributed by atoms with Gasteiger partial charge in [0.2, 0.25) is 0 Å². The van der Waals surface area contributed by atoms with Crippen LogP contribution in [0.3, 0.4) is 0 Å². The minimum Gasteiger partial charge on any atom is -0.460 e. The van der Waals surface area contributed by atoms with Gasteiger partial charge in [-0.25, -0.2) is 4.98 Å². The summed E-state index contributed by atoms with van der Waals surface area (Å²) in [6, 6.07) is 0. The van der Waals surface area contributed by atoms with Gasteiger partial charge in [0.15, 0.2) is 6.61 Å². The summed E-state index contributed by atoms with van der Waals surface area (Å²) in [7, 11) is 0. The molecule has 0 N–H and O–H groups in total. The summed E-state index contributed by atoms with van der Waals surface area (Å²) >= 11 is 1.26. The van der Waals surface area contributed by atoms with E-state index in [-0.39, 0.29) is 5.19 Å². The van der Waals surface area contributed by atoms with Crippen LogP contribution in [0.4, 0.5) is 13.2 Å². The maximum atomic E-state index is 12.3. The molecule has 0 aromatic carbocycles. The van der Waals surface area contributed by atoms with Crippen LogP contribution in [0.2, 0.25) is 0 Å². The third kappa shape index (κ3) is 7.52. The number of ether oxygens (including phenoxy) is 1. The van der Waals surface area contributed by atoms with Gasteiger partial charge < -0.3 is 9.64 Å². The summed E-state index contributed by atoms with van der Waals surface area (Å²) in [5.74, 6) is 1.77. The van der Waals surface area contributed by atoms with Gasteiger partial charge in [0.1, 0.15) is 5.78 Å². The monoisotopic (exact) mass is 446 g/mol. The molecule has 170 valence electrons. The topological polar surface area (TPSA) is 42.4 Å². The number of alkyl halides is 3. The van der Waals surface area contributed by atoms with Crippen molar-refractivity contribution in [2.24, 2.45) is 11.8 Å². The fraction of sp³-hybridized carbons (Fsp3) is 0.818. The number of hydrogen-bond donors (Lipinski definition) is 0. The molecule has 1 aromatic rings. The van der Waals surface area contributed by atoms with E-state index in [4.69, 9.17) is 4.74 Å². The minimum absolute atomic E-state index is 0.139. The van der Waals surface area contributed by atoms with Crippen LogP contribution in [-0.4, -0.2) is 48.1 Å². The van der Waals surface area contributed by atoms with Crippen LogP contribution < -0.4 is 4.74 Å². The van der Waals surface area contributed by atoms with E-state index in [0.29, 0.717) is 11.7 Å². The first-order valence-corrected chi connectivity index (χ1v) is 12.1. The van der Waals surface area contributed by atoms with Crippen molar-refractivity contribution in [3.63, 3.8) is 0 Å². The fourth-order valence-electron chi connectivity index (χ4n) is 4.61. The first-order valence-electron chi connectivity index (χ1n) is 11.2. The Hall–Kier alpha value is -1.15. The van der Waals surface area contributed by atoms with Crippen LogP contribution in [0.5, 0.6) is 5.19 Å². The number of aromatic nitrogens is 1. The highest BCUT2D eigenvalue weighted by molar-refractivity contribution is 7.13. The van der Waals surface area contributed by atoms with Gasteiger partial charge in [-0.2, -0.15) is 13.2 Å². The van der Waals surface area contributed by atoms with Gasteiger partial charge in [-0.1, -0.05) is 31.1 Å². The SMILES string of the molecule is CCCC(=O)CC1CCC(CCN2CCc3nc(OCC(F)(F)F)sc3CC2)CC1. The average Bonchev–Trinajstić information content (AvgIpc) is 2.99. The Morgan fingerprint density at radius 2 is 1.87 bits per heavy atom. The minimum atomic E-state index is -4.33. The number of fused-ring (bicyclic) bond motifs is 1. The van der Waals surface area contributed by atoms with Crippen LogP contribution in [0.1, 0.15) is 68.9 Å². The lowest BCUT2D eigenvalue weighted by Gasteiger charge is -2.30. The number of carbonyl (C=O) groups is 1. The van der Waals surface area contributed by atoms with E-state index in [1.807, 2.05) is 0 Å². The molecule has 1 aliphatic carbocycles. The Morgan fingerprint density at radius 1 is 1.17 bits per heavy atom. The summed E-state index contributed by atoms with van der Waals surface area (Å²) < 4.78 is 41.8. The Bertz CT molecular complexity index is 659. The molecule has 0 atom stereocenters.